The Labute approximate surface area is 230 Å². The van der Waals surface area contributed by atoms with Crippen molar-refractivity contribution in [1.82, 2.24) is 0 Å². The van der Waals surface area contributed by atoms with Gasteiger partial charge in [0.25, 0.3) is 0 Å². The van der Waals surface area contributed by atoms with Gasteiger partial charge in [-0.25, -0.2) is 0 Å². The lowest BCUT2D eigenvalue weighted by molar-refractivity contribution is -0.268. The molecule has 4 rings (SSSR count). The third-order valence-corrected chi connectivity index (χ3v) is 6.62. The second kappa shape index (κ2) is 12.3. The predicted molar refractivity (Wildman–Crippen MR) is 145 cm³/mol. The quantitative estimate of drug-likeness (QED) is 0.244. The van der Waals surface area contributed by atoms with Crippen LogP contribution in [-0.4, -0.2) is 76.6 Å². The van der Waals surface area contributed by atoms with Gasteiger partial charge >= 0.3 is 0 Å². The molecule has 5 N–H and O–H groups in total. The second-order valence-electron chi connectivity index (χ2n) is 9.75. The van der Waals surface area contributed by atoms with E-state index in [1.807, 2.05) is 19.9 Å². The van der Waals surface area contributed by atoms with E-state index in [-0.39, 0.29) is 47.9 Å². The maximum Gasteiger partial charge on any atom is 0.239 e. The topological polar surface area (TPSA) is 168 Å². The van der Waals surface area contributed by atoms with Crippen molar-refractivity contribution in [3.8, 4) is 34.3 Å². The molecule has 2 aromatic carbocycles. The first-order chi connectivity index (χ1) is 19.1. The van der Waals surface area contributed by atoms with Crippen LogP contribution in [0.3, 0.4) is 0 Å². The Morgan fingerprint density at radius 2 is 1.77 bits per heavy atom. The van der Waals surface area contributed by atoms with Crippen LogP contribution in [0.15, 0.2) is 51.2 Å². The van der Waals surface area contributed by atoms with E-state index in [4.69, 9.17) is 23.4 Å². The number of rotatable bonds is 9. The summed E-state index contributed by atoms with van der Waals surface area (Å²) in [6.07, 6.45) is -4.93. The summed E-state index contributed by atoms with van der Waals surface area (Å²) in [4.78, 5) is 14.0. The van der Waals surface area contributed by atoms with Crippen molar-refractivity contribution in [3.05, 3.63) is 57.8 Å². The fourth-order valence-electron chi connectivity index (χ4n) is 4.41. The minimum atomic E-state index is -1.69. The number of fused-ring (bicyclic) bond motifs is 1. The molecule has 0 amide bonds. The third-order valence-electron chi connectivity index (χ3n) is 6.62. The lowest BCUT2D eigenvalue weighted by Crippen LogP contribution is -2.58. The van der Waals surface area contributed by atoms with Crippen molar-refractivity contribution < 1.29 is 48.9 Å². The van der Waals surface area contributed by atoms with E-state index in [1.165, 1.54) is 20.1 Å². The number of allylic oxidation sites excluding steroid dienone is 2. The number of phenols is 1. The second-order valence-corrected chi connectivity index (χ2v) is 9.75. The van der Waals surface area contributed by atoms with Gasteiger partial charge in [0.1, 0.15) is 53.1 Å². The van der Waals surface area contributed by atoms with Gasteiger partial charge < -0.3 is 48.9 Å². The summed E-state index contributed by atoms with van der Waals surface area (Å²) in [6.45, 7) is 4.98. The van der Waals surface area contributed by atoms with E-state index >= 15 is 0 Å². The fraction of sp³-hybridized carbons (Fsp3) is 0.414. The summed E-state index contributed by atoms with van der Waals surface area (Å²) < 4.78 is 28.6. The van der Waals surface area contributed by atoms with Gasteiger partial charge in [0.2, 0.25) is 17.5 Å². The minimum Gasteiger partial charge on any atom is -0.507 e. The summed E-state index contributed by atoms with van der Waals surface area (Å²) in [5.41, 5.74) is 1.14. The average Bonchev–Trinajstić information content (AvgIpc) is 2.93. The molecule has 0 aliphatic carbocycles. The first kappa shape index (κ1) is 29.4. The highest BCUT2D eigenvalue weighted by Crippen LogP contribution is 2.40. The van der Waals surface area contributed by atoms with Crippen molar-refractivity contribution in [3.63, 3.8) is 0 Å². The molecule has 0 unspecified atom stereocenters. The first-order valence-electron chi connectivity index (χ1n) is 12.8. The molecule has 0 spiro atoms. The summed E-state index contributed by atoms with van der Waals surface area (Å²) in [5.74, 6) is -0.0944. The van der Waals surface area contributed by atoms with E-state index < -0.39 is 41.9 Å². The van der Waals surface area contributed by atoms with Crippen molar-refractivity contribution in [2.45, 2.75) is 57.9 Å². The van der Waals surface area contributed by atoms with Crippen LogP contribution in [0.25, 0.3) is 22.3 Å². The van der Waals surface area contributed by atoms with Gasteiger partial charge in [0, 0.05) is 17.2 Å². The molecular formula is C29H34O11. The Hall–Kier alpha value is -3.61. The van der Waals surface area contributed by atoms with Gasteiger partial charge in [0.15, 0.2) is 5.76 Å². The van der Waals surface area contributed by atoms with Crippen LogP contribution in [0.4, 0.5) is 0 Å². The molecule has 3 aromatic rings. The van der Waals surface area contributed by atoms with Crippen LogP contribution in [0, 0.1) is 0 Å². The molecule has 11 nitrogen and oxygen atoms in total. The van der Waals surface area contributed by atoms with Crippen molar-refractivity contribution in [2.24, 2.45) is 0 Å². The molecule has 40 heavy (non-hydrogen) atoms. The number of hydrogen-bond donors (Lipinski definition) is 5. The van der Waals surface area contributed by atoms with Crippen LogP contribution in [0.5, 0.6) is 23.0 Å². The van der Waals surface area contributed by atoms with Crippen molar-refractivity contribution in [2.75, 3.05) is 20.3 Å². The molecule has 11 heteroatoms. The highest BCUT2D eigenvalue weighted by atomic mass is 16.7. The summed E-state index contributed by atoms with van der Waals surface area (Å²) in [6, 6.07) is 7.85. The molecule has 216 valence electrons. The van der Waals surface area contributed by atoms with Crippen molar-refractivity contribution in [1.29, 1.82) is 0 Å². The van der Waals surface area contributed by atoms with Gasteiger partial charge in [0.05, 0.1) is 19.8 Å². The Kier molecular flexibility index (Phi) is 9.02. The van der Waals surface area contributed by atoms with E-state index in [0.717, 1.165) is 5.57 Å². The lowest BCUT2D eigenvalue weighted by atomic mass is 10.00. The number of aromatic hydroxyl groups is 1. The third kappa shape index (κ3) is 5.79. The number of aliphatic hydroxyl groups is 4. The minimum absolute atomic E-state index is 0.0404. The molecule has 2 heterocycles. The summed E-state index contributed by atoms with van der Waals surface area (Å²) in [7, 11) is 1.51. The molecule has 5 atom stereocenters. The largest absolute Gasteiger partial charge is 0.507 e. The van der Waals surface area contributed by atoms with E-state index in [1.54, 1.807) is 24.3 Å². The number of methoxy groups -OCH3 is 1. The van der Waals surface area contributed by atoms with Crippen LogP contribution < -0.4 is 19.6 Å². The number of hydrogen-bond acceptors (Lipinski definition) is 11. The molecule has 1 saturated heterocycles. The van der Waals surface area contributed by atoms with Crippen LogP contribution in [0.2, 0.25) is 0 Å². The highest BCUT2D eigenvalue weighted by Gasteiger charge is 2.44. The van der Waals surface area contributed by atoms with Gasteiger partial charge in [-0.05, 0) is 51.5 Å². The standard InChI is InChI=1S/C29H34O11/c1-14(2)5-10-18-20(37-12-11-30)13-19(31)21-23(33)28(40-29-25(35)24(34)22(32)15(3)38-29)26(39-27(18)21)16-6-8-17(36-4)9-7-16/h5-9,13,15,22,24-25,29-32,34-35H,10-12H2,1-4H3/t15-,22-,24+,25+,29-/m0/s1. The lowest BCUT2D eigenvalue weighted by Gasteiger charge is -2.38. The molecular weight excluding hydrogens is 524 g/mol. The maximum atomic E-state index is 14.0. The molecule has 0 saturated carbocycles. The van der Waals surface area contributed by atoms with Crippen molar-refractivity contribution >= 4 is 11.0 Å². The Balaban J connectivity index is 1.98. The highest BCUT2D eigenvalue weighted by molar-refractivity contribution is 5.91. The Bertz CT molecular complexity index is 1420. The van der Waals surface area contributed by atoms with Crippen LogP contribution >= 0.6 is 0 Å². The number of phenolic OH excluding ortho intramolecular Hbond substituents is 1. The Morgan fingerprint density at radius 3 is 2.40 bits per heavy atom. The van der Waals surface area contributed by atoms with E-state index in [0.29, 0.717) is 16.9 Å². The molecule has 1 fully saturated rings. The van der Waals surface area contributed by atoms with Crippen LogP contribution in [-0.2, 0) is 11.2 Å². The zero-order chi connectivity index (χ0) is 29.1. The van der Waals surface area contributed by atoms with Crippen LogP contribution in [0.1, 0.15) is 26.3 Å². The predicted octanol–water partition coefficient (Wildman–Crippen LogP) is 2.26. The number of ether oxygens (including phenoxy) is 4. The van der Waals surface area contributed by atoms with Gasteiger partial charge in [-0.1, -0.05) is 11.6 Å². The summed E-state index contributed by atoms with van der Waals surface area (Å²) in [5, 5.41) is 50.9. The number of aliphatic hydroxyl groups excluding tert-OH is 4. The zero-order valence-corrected chi connectivity index (χ0v) is 22.7. The molecule has 0 bridgehead atoms. The normalized spacial score (nSPS) is 22.6. The average molecular weight is 559 g/mol. The Morgan fingerprint density at radius 1 is 1.07 bits per heavy atom. The van der Waals surface area contributed by atoms with E-state index in [2.05, 4.69) is 0 Å². The first-order valence-corrected chi connectivity index (χ1v) is 12.8. The maximum absolute atomic E-state index is 14.0. The van der Waals surface area contributed by atoms with Gasteiger partial charge in [-0.15, -0.1) is 0 Å². The summed E-state index contributed by atoms with van der Waals surface area (Å²) >= 11 is 0. The fourth-order valence-corrected chi connectivity index (χ4v) is 4.41. The monoisotopic (exact) mass is 558 g/mol. The van der Waals surface area contributed by atoms with Gasteiger partial charge in [-0.3, -0.25) is 4.79 Å². The molecule has 1 aliphatic rings. The zero-order valence-electron chi connectivity index (χ0n) is 22.7. The van der Waals surface area contributed by atoms with E-state index in [9.17, 15) is 30.3 Å². The molecule has 1 aromatic heterocycles. The number of benzene rings is 2. The molecule has 1 aliphatic heterocycles. The van der Waals surface area contributed by atoms with Gasteiger partial charge in [-0.2, -0.15) is 0 Å². The smallest absolute Gasteiger partial charge is 0.239 e. The SMILES string of the molecule is COc1ccc(-c2oc3c(CC=C(C)C)c(OCCO)cc(O)c3c(=O)c2O[C@@H]2O[C@@H](C)[C@H](O)[C@@H](O)[C@H]2O)cc1. The molecule has 0 radical (unpaired) electrons.